The predicted octanol–water partition coefficient (Wildman–Crippen LogP) is 5.72. The third-order valence-corrected chi connectivity index (χ3v) is 4.90. The lowest BCUT2D eigenvalue weighted by Crippen LogP contribution is -2.01. The molecule has 0 heterocycles. The number of nitro groups is 1. The van der Waals surface area contributed by atoms with Crippen molar-refractivity contribution >= 4 is 22.4 Å². The molecule has 0 atom stereocenters. The monoisotopic (exact) mass is 347 g/mol. The number of nitrogens with zero attached hydrogens (tertiary/aromatic N) is 1. The molecule has 0 fully saturated rings. The van der Waals surface area contributed by atoms with E-state index < -0.39 is 0 Å². The average molecular weight is 347 g/mol. The fraction of sp³-hybridized carbons (Fsp3) is 0.0476. The third-order valence-electron chi connectivity index (χ3n) is 3.71. The average Bonchev–Trinajstić information content (AvgIpc) is 2.67. The van der Waals surface area contributed by atoms with Crippen molar-refractivity contribution in [2.75, 3.05) is 0 Å². The van der Waals surface area contributed by atoms with Gasteiger partial charge < -0.3 is 0 Å². The highest BCUT2D eigenvalue weighted by molar-refractivity contribution is 8.07. The molecule has 0 radical (unpaired) electrons. The fourth-order valence-corrected chi connectivity index (χ4v) is 3.66. The first-order valence-corrected chi connectivity index (χ1v) is 8.90. The summed E-state index contributed by atoms with van der Waals surface area (Å²) in [6.45, 7) is 0. The minimum atomic E-state index is -0.282. The number of hydrogen-bond donors (Lipinski definition) is 0. The maximum Gasteiger partial charge on any atom is 0.290 e. The van der Waals surface area contributed by atoms with E-state index in [1.807, 2.05) is 78.9 Å². The summed E-state index contributed by atoms with van der Waals surface area (Å²) < 4.78 is 0. The Morgan fingerprint density at radius 3 is 1.76 bits per heavy atom. The van der Waals surface area contributed by atoms with Gasteiger partial charge in [0.25, 0.3) is 5.70 Å². The molecule has 0 saturated heterocycles. The van der Waals surface area contributed by atoms with Crippen molar-refractivity contribution in [3.63, 3.8) is 0 Å². The van der Waals surface area contributed by atoms with Crippen LogP contribution in [0.15, 0.2) is 91.0 Å². The Labute approximate surface area is 151 Å². The Balaban J connectivity index is 2.06. The standard InChI is InChI=1S/C21H17NO2S/c23-22(24)20(18-12-6-2-7-13-18)21(19-14-8-3-9-15-19)25-16-17-10-4-1-5-11-17/h1-15H,16H2/b21-20-. The van der Waals surface area contributed by atoms with Crippen LogP contribution in [-0.4, -0.2) is 4.92 Å². The Morgan fingerprint density at radius 1 is 0.760 bits per heavy atom. The summed E-state index contributed by atoms with van der Waals surface area (Å²) in [4.78, 5) is 12.3. The fourth-order valence-electron chi connectivity index (χ4n) is 2.52. The second kappa shape index (κ2) is 8.31. The lowest BCUT2D eigenvalue weighted by atomic mass is 10.1. The molecule has 0 aliphatic carbocycles. The molecule has 3 rings (SSSR count). The summed E-state index contributed by atoms with van der Waals surface area (Å²) in [5.74, 6) is 0.676. The van der Waals surface area contributed by atoms with Crippen molar-refractivity contribution in [1.82, 2.24) is 0 Å². The zero-order valence-electron chi connectivity index (χ0n) is 13.5. The highest BCUT2D eigenvalue weighted by Crippen LogP contribution is 2.37. The Bertz CT molecular complexity index is 862. The van der Waals surface area contributed by atoms with Gasteiger partial charge in [0.05, 0.1) is 15.4 Å². The largest absolute Gasteiger partial charge is 0.290 e. The van der Waals surface area contributed by atoms with Gasteiger partial charge in [-0.05, 0) is 23.3 Å². The number of thioether (sulfide) groups is 1. The van der Waals surface area contributed by atoms with Gasteiger partial charge in [-0.3, -0.25) is 10.1 Å². The van der Waals surface area contributed by atoms with Gasteiger partial charge in [0.1, 0.15) is 0 Å². The third kappa shape index (κ3) is 4.37. The number of benzene rings is 3. The second-order valence-corrected chi connectivity index (χ2v) is 6.43. The van der Waals surface area contributed by atoms with Crippen LogP contribution in [0.4, 0.5) is 0 Å². The zero-order chi connectivity index (χ0) is 17.5. The Morgan fingerprint density at radius 2 is 1.24 bits per heavy atom. The van der Waals surface area contributed by atoms with Gasteiger partial charge in [0.15, 0.2) is 0 Å². The molecule has 25 heavy (non-hydrogen) atoms. The summed E-state index contributed by atoms with van der Waals surface area (Å²) in [5, 5.41) is 11.9. The van der Waals surface area contributed by atoms with Crippen molar-refractivity contribution in [2.24, 2.45) is 0 Å². The Hall–Kier alpha value is -2.85. The summed E-state index contributed by atoms with van der Waals surface area (Å²) in [6, 6.07) is 28.6. The van der Waals surface area contributed by atoms with Crippen molar-refractivity contribution in [1.29, 1.82) is 0 Å². The smallest absolute Gasteiger partial charge is 0.258 e. The van der Waals surface area contributed by atoms with E-state index in [0.717, 1.165) is 11.1 Å². The van der Waals surface area contributed by atoms with E-state index >= 15 is 0 Å². The van der Waals surface area contributed by atoms with Crippen LogP contribution in [0.1, 0.15) is 16.7 Å². The minimum absolute atomic E-state index is 0.146. The van der Waals surface area contributed by atoms with Crippen LogP contribution >= 0.6 is 11.8 Å². The van der Waals surface area contributed by atoms with Gasteiger partial charge in [-0.15, -0.1) is 11.8 Å². The SMILES string of the molecule is O=[N+]([O-])/C(=C(\SCc1ccccc1)c1ccccc1)c1ccccc1. The van der Waals surface area contributed by atoms with Crippen LogP contribution in [-0.2, 0) is 5.75 Å². The first-order valence-electron chi connectivity index (χ1n) is 7.92. The molecule has 3 nitrogen and oxygen atoms in total. The molecule has 0 saturated carbocycles. The van der Waals surface area contributed by atoms with Gasteiger partial charge >= 0.3 is 0 Å². The highest BCUT2D eigenvalue weighted by atomic mass is 32.2. The molecule has 0 amide bonds. The molecule has 0 bridgehead atoms. The molecular weight excluding hydrogens is 330 g/mol. The lowest BCUT2D eigenvalue weighted by molar-refractivity contribution is -0.374. The van der Waals surface area contributed by atoms with Crippen LogP contribution in [0.3, 0.4) is 0 Å². The maximum atomic E-state index is 11.9. The van der Waals surface area contributed by atoms with Crippen molar-refractivity contribution in [3.05, 3.63) is 118 Å². The van der Waals surface area contributed by atoms with E-state index in [-0.39, 0.29) is 10.6 Å². The molecule has 0 aliphatic rings. The van der Waals surface area contributed by atoms with E-state index in [1.54, 1.807) is 12.1 Å². The van der Waals surface area contributed by atoms with E-state index in [2.05, 4.69) is 0 Å². The maximum absolute atomic E-state index is 11.9. The van der Waals surface area contributed by atoms with Crippen LogP contribution in [0, 0.1) is 10.1 Å². The molecule has 3 aromatic rings. The van der Waals surface area contributed by atoms with Gasteiger partial charge in [0, 0.05) is 5.75 Å². The lowest BCUT2D eigenvalue weighted by Gasteiger charge is -2.10. The molecule has 0 unspecified atom stereocenters. The molecule has 4 heteroatoms. The van der Waals surface area contributed by atoms with E-state index in [0.29, 0.717) is 16.2 Å². The van der Waals surface area contributed by atoms with Crippen LogP contribution in [0.5, 0.6) is 0 Å². The van der Waals surface area contributed by atoms with E-state index in [1.165, 1.54) is 11.8 Å². The van der Waals surface area contributed by atoms with E-state index in [9.17, 15) is 10.1 Å². The van der Waals surface area contributed by atoms with Gasteiger partial charge in [-0.2, -0.15) is 0 Å². The molecule has 0 aromatic heterocycles. The van der Waals surface area contributed by atoms with Gasteiger partial charge in [0.2, 0.25) is 0 Å². The minimum Gasteiger partial charge on any atom is -0.258 e. The van der Waals surface area contributed by atoms with Crippen molar-refractivity contribution in [3.8, 4) is 0 Å². The van der Waals surface area contributed by atoms with Gasteiger partial charge in [-0.25, -0.2) is 0 Å². The topological polar surface area (TPSA) is 43.1 Å². The highest BCUT2D eigenvalue weighted by Gasteiger charge is 2.22. The number of rotatable bonds is 6. The molecule has 124 valence electrons. The number of hydrogen-bond acceptors (Lipinski definition) is 3. The van der Waals surface area contributed by atoms with Crippen LogP contribution < -0.4 is 0 Å². The van der Waals surface area contributed by atoms with Crippen LogP contribution in [0.25, 0.3) is 10.6 Å². The summed E-state index contributed by atoms with van der Waals surface area (Å²) in [5.41, 5.74) is 2.76. The molecule has 0 N–H and O–H groups in total. The van der Waals surface area contributed by atoms with Gasteiger partial charge in [-0.1, -0.05) is 78.9 Å². The second-order valence-electron chi connectivity index (χ2n) is 5.44. The first-order chi connectivity index (χ1) is 12.3. The van der Waals surface area contributed by atoms with E-state index in [4.69, 9.17) is 0 Å². The Kier molecular flexibility index (Phi) is 5.65. The first kappa shape index (κ1) is 17.0. The predicted molar refractivity (Wildman–Crippen MR) is 104 cm³/mol. The summed E-state index contributed by atoms with van der Waals surface area (Å²) >= 11 is 1.50. The normalized spacial score (nSPS) is 11.7. The molecule has 0 spiro atoms. The zero-order valence-corrected chi connectivity index (χ0v) is 14.4. The van der Waals surface area contributed by atoms with Crippen molar-refractivity contribution < 1.29 is 4.92 Å². The summed E-state index contributed by atoms with van der Waals surface area (Å²) in [7, 11) is 0. The molecule has 3 aromatic carbocycles. The van der Waals surface area contributed by atoms with Crippen molar-refractivity contribution in [2.45, 2.75) is 5.75 Å². The van der Waals surface area contributed by atoms with Crippen LogP contribution in [0.2, 0.25) is 0 Å². The molecule has 0 aliphatic heterocycles. The summed E-state index contributed by atoms with van der Waals surface area (Å²) in [6.07, 6.45) is 0. The molecular formula is C21H17NO2S. The quantitative estimate of drug-likeness (QED) is 0.325.